The first kappa shape index (κ1) is 11.6. The first-order valence-electron chi connectivity index (χ1n) is 5.56. The van der Waals surface area contributed by atoms with Crippen LogP contribution >= 0.6 is 0 Å². The second-order valence-corrected chi connectivity index (χ2v) is 4.22. The van der Waals surface area contributed by atoms with Crippen LogP contribution in [-0.4, -0.2) is 17.5 Å². The Morgan fingerprint density at radius 1 is 1.35 bits per heavy atom. The van der Waals surface area contributed by atoms with E-state index in [1.165, 1.54) is 12.1 Å². The average Bonchev–Trinajstić information content (AvgIpc) is 2.75. The highest BCUT2D eigenvalue weighted by Crippen LogP contribution is 2.20. The van der Waals surface area contributed by atoms with Gasteiger partial charge in [-0.3, -0.25) is 4.90 Å². The normalized spacial score (nSPS) is 19.8. The molecule has 1 heterocycles. The van der Waals surface area contributed by atoms with Gasteiger partial charge < -0.3 is 0 Å². The van der Waals surface area contributed by atoms with Crippen LogP contribution in [0.15, 0.2) is 18.2 Å². The molecule has 0 amide bonds. The van der Waals surface area contributed by atoms with E-state index in [1.54, 1.807) is 6.07 Å². The van der Waals surface area contributed by atoms with Crippen molar-refractivity contribution in [3.05, 3.63) is 35.1 Å². The Hall–Kier alpha value is -1.91. The van der Waals surface area contributed by atoms with E-state index in [0.717, 1.165) is 24.9 Å². The molecule has 1 fully saturated rings. The van der Waals surface area contributed by atoms with E-state index in [-0.39, 0.29) is 6.04 Å². The lowest BCUT2D eigenvalue weighted by atomic mass is 10.1. The van der Waals surface area contributed by atoms with Gasteiger partial charge in [0.05, 0.1) is 23.7 Å². The number of hydrogen-bond acceptors (Lipinski definition) is 3. The maximum Gasteiger partial charge on any atom is 0.124 e. The summed E-state index contributed by atoms with van der Waals surface area (Å²) in [5.41, 5.74) is 1.08. The van der Waals surface area contributed by atoms with Crippen molar-refractivity contribution in [2.24, 2.45) is 0 Å². The molecule has 0 N–H and O–H groups in total. The number of nitrogens with zero attached hydrogens (tertiary/aromatic N) is 3. The first-order chi connectivity index (χ1) is 8.22. The molecule has 1 aromatic rings. The number of likely N-dealkylation sites (tertiary alicyclic amines) is 1. The fraction of sp³-hybridized carbons (Fsp3) is 0.385. The number of nitriles is 2. The SMILES string of the molecule is N#Cc1cc(F)cc(CN2CCCC2C#N)c1. The number of benzene rings is 1. The van der Waals surface area contributed by atoms with Crippen LogP contribution in [0.25, 0.3) is 0 Å². The molecule has 1 unspecified atom stereocenters. The van der Waals surface area contributed by atoms with Gasteiger partial charge in [0.25, 0.3) is 0 Å². The fourth-order valence-corrected chi connectivity index (χ4v) is 2.20. The van der Waals surface area contributed by atoms with Gasteiger partial charge >= 0.3 is 0 Å². The zero-order chi connectivity index (χ0) is 12.3. The minimum atomic E-state index is -0.397. The molecular formula is C13H12FN3. The molecule has 0 aromatic heterocycles. The highest BCUT2D eigenvalue weighted by molar-refractivity contribution is 5.33. The molecule has 0 saturated carbocycles. The standard InChI is InChI=1S/C13H12FN3/c14-12-5-10(7-15)4-11(6-12)9-17-3-1-2-13(17)8-16/h4-6,13H,1-3,9H2. The minimum absolute atomic E-state index is 0.0798. The van der Waals surface area contributed by atoms with E-state index in [9.17, 15) is 4.39 Å². The Balaban J connectivity index is 2.16. The summed E-state index contributed by atoms with van der Waals surface area (Å²) >= 11 is 0. The smallest absolute Gasteiger partial charge is 0.124 e. The van der Waals surface area contributed by atoms with Crippen LogP contribution in [0.3, 0.4) is 0 Å². The quantitative estimate of drug-likeness (QED) is 0.781. The Kier molecular flexibility index (Phi) is 3.37. The largest absolute Gasteiger partial charge is 0.284 e. The third kappa shape index (κ3) is 2.61. The predicted molar refractivity (Wildman–Crippen MR) is 60.2 cm³/mol. The first-order valence-corrected chi connectivity index (χ1v) is 5.56. The van der Waals surface area contributed by atoms with E-state index in [0.29, 0.717) is 12.1 Å². The van der Waals surface area contributed by atoms with E-state index >= 15 is 0 Å². The number of hydrogen-bond donors (Lipinski definition) is 0. The van der Waals surface area contributed by atoms with Gasteiger partial charge in [0, 0.05) is 6.54 Å². The van der Waals surface area contributed by atoms with Gasteiger partial charge in [-0.2, -0.15) is 10.5 Å². The van der Waals surface area contributed by atoms with Crippen molar-refractivity contribution in [3.63, 3.8) is 0 Å². The molecule has 0 bridgehead atoms. The lowest BCUT2D eigenvalue weighted by Crippen LogP contribution is -2.27. The summed E-state index contributed by atoms with van der Waals surface area (Å²) in [7, 11) is 0. The van der Waals surface area contributed by atoms with Crippen LogP contribution in [0.2, 0.25) is 0 Å². The van der Waals surface area contributed by atoms with Crippen LogP contribution in [0.1, 0.15) is 24.0 Å². The molecule has 1 atom stereocenters. The molecular weight excluding hydrogens is 217 g/mol. The summed E-state index contributed by atoms with van der Waals surface area (Å²) in [5, 5.41) is 17.7. The topological polar surface area (TPSA) is 50.8 Å². The van der Waals surface area contributed by atoms with Crippen molar-refractivity contribution in [2.45, 2.75) is 25.4 Å². The molecule has 86 valence electrons. The third-order valence-electron chi connectivity index (χ3n) is 2.99. The van der Waals surface area contributed by atoms with Crippen molar-refractivity contribution < 1.29 is 4.39 Å². The van der Waals surface area contributed by atoms with Gasteiger partial charge in [-0.25, -0.2) is 4.39 Å². The second-order valence-electron chi connectivity index (χ2n) is 4.22. The molecule has 0 radical (unpaired) electrons. The molecule has 1 aliphatic heterocycles. The van der Waals surface area contributed by atoms with Gasteiger partial charge in [0.15, 0.2) is 0 Å². The van der Waals surface area contributed by atoms with Crippen molar-refractivity contribution in [2.75, 3.05) is 6.54 Å². The van der Waals surface area contributed by atoms with Crippen molar-refractivity contribution in [3.8, 4) is 12.1 Å². The molecule has 17 heavy (non-hydrogen) atoms. The van der Waals surface area contributed by atoms with E-state index < -0.39 is 5.82 Å². The van der Waals surface area contributed by atoms with Crippen molar-refractivity contribution in [1.82, 2.24) is 4.90 Å². The second kappa shape index (κ2) is 4.95. The molecule has 1 saturated heterocycles. The molecule has 4 heteroatoms. The zero-order valence-corrected chi connectivity index (χ0v) is 9.36. The fourth-order valence-electron chi connectivity index (χ4n) is 2.20. The predicted octanol–water partition coefficient (Wildman–Crippen LogP) is 2.19. The summed E-state index contributed by atoms with van der Waals surface area (Å²) in [4.78, 5) is 2.02. The third-order valence-corrected chi connectivity index (χ3v) is 2.99. The maximum atomic E-state index is 13.2. The van der Waals surface area contributed by atoms with Gasteiger partial charge in [-0.05, 0) is 43.1 Å². The summed E-state index contributed by atoms with van der Waals surface area (Å²) in [6, 6.07) is 8.42. The highest BCUT2D eigenvalue weighted by atomic mass is 19.1. The van der Waals surface area contributed by atoms with Crippen molar-refractivity contribution in [1.29, 1.82) is 10.5 Å². The lowest BCUT2D eigenvalue weighted by Gasteiger charge is -2.18. The van der Waals surface area contributed by atoms with Crippen LogP contribution < -0.4 is 0 Å². The molecule has 0 aliphatic carbocycles. The highest BCUT2D eigenvalue weighted by Gasteiger charge is 2.24. The minimum Gasteiger partial charge on any atom is -0.284 e. The van der Waals surface area contributed by atoms with Gasteiger partial charge in [0.2, 0.25) is 0 Å². The van der Waals surface area contributed by atoms with Gasteiger partial charge in [-0.1, -0.05) is 0 Å². The molecule has 3 nitrogen and oxygen atoms in total. The molecule has 0 spiro atoms. The van der Waals surface area contributed by atoms with Crippen LogP contribution in [0.5, 0.6) is 0 Å². The Morgan fingerprint density at radius 3 is 2.88 bits per heavy atom. The Bertz CT molecular complexity index is 498. The van der Waals surface area contributed by atoms with Crippen LogP contribution in [0, 0.1) is 28.5 Å². The average molecular weight is 229 g/mol. The number of rotatable bonds is 2. The summed E-state index contributed by atoms with van der Waals surface area (Å²) in [6.45, 7) is 1.39. The molecule has 2 rings (SSSR count). The van der Waals surface area contributed by atoms with Crippen LogP contribution in [0.4, 0.5) is 4.39 Å². The molecule has 1 aliphatic rings. The van der Waals surface area contributed by atoms with E-state index in [2.05, 4.69) is 6.07 Å². The Labute approximate surface area is 99.7 Å². The van der Waals surface area contributed by atoms with Crippen molar-refractivity contribution >= 4 is 0 Å². The molecule has 1 aromatic carbocycles. The van der Waals surface area contributed by atoms with E-state index in [1.807, 2.05) is 11.0 Å². The van der Waals surface area contributed by atoms with E-state index in [4.69, 9.17) is 10.5 Å². The zero-order valence-electron chi connectivity index (χ0n) is 9.36. The summed E-state index contributed by atoms with van der Waals surface area (Å²) in [6.07, 6.45) is 1.87. The summed E-state index contributed by atoms with van der Waals surface area (Å²) in [5.74, 6) is -0.397. The maximum absolute atomic E-state index is 13.2. The van der Waals surface area contributed by atoms with Gasteiger partial charge in [-0.15, -0.1) is 0 Å². The monoisotopic (exact) mass is 229 g/mol. The number of halogens is 1. The lowest BCUT2D eigenvalue weighted by molar-refractivity contribution is 0.286. The Morgan fingerprint density at radius 2 is 2.18 bits per heavy atom. The van der Waals surface area contributed by atoms with Gasteiger partial charge in [0.1, 0.15) is 5.82 Å². The van der Waals surface area contributed by atoms with Crippen LogP contribution in [-0.2, 0) is 6.54 Å². The summed E-state index contributed by atoms with van der Waals surface area (Å²) < 4.78 is 13.2.